The molecule has 2 heterocycles. The molecule has 20 heavy (non-hydrogen) atoms. The molecule has 106 valence electrons. The summed E-state index contributed by atoms with van der Waals surface area (Å²) in [6.45, 7) is 3.88. The fourth-order valence-corrected chi connectivity index (χ4v) is 1.74. The zero-order valence-electron chi connectivity index (χ0n) is 11.1. The van der Waals surface area contributed by atoms with Crippen molar-refractivity contribution in [2.75, 3.05) is 11.9 Å². The van der Waals surface area contributed by atoms with Crippen molar-refractivity contribution in [3.05, 3.63) is 39.8 Å². The molecule has 0 aliphatic carbocycles. The van der Waals surface area contributed by atoms with Crippen LogP contribution in [0.1, 0.15) is 17.0 Å². The molecule has 0 saturated heterocycles. The number of halogens is 1. The minimum Gasteiger partial charge on any atom is -0.365 e. The van der Waals surface area contributed by atoms with E-state index in [-0.39, 0.29) is 19.1 Å². The van der Waals surface area contributed by atoms with E-state index in [1.165, 1.54) is 0 Å². The molecule has 0 fully saturated rings. The second kappa shape index (κ2) is 6.62. The molecule has 0 saturated carbocycles. The molecule has 6 nitrogen and oxygen atoms in total. The highest BCUT2D eigenvalue weighted by atomic mass is 79.9. The van der Waals surface area contributed by atoms with Crippen LogP contribution in [0, 0.1) is 13.8 Å². The monoisotopic (exact) mass is 339 g/mol. The molecule has 0 aliphatic heterocycles. The number of rotatable bonds is 5. The van der Waals surface area contributed by atoms with Crippen molar-refractivity contribution in [2.45, 2.75) is 20.5 Å². The number of nitrogens with zero attached hydrogens (tertiary/aromatic N) is 2. The standard InChI is InChI=1S/C13H14BrN3O3/c1-8-3-12(15-5-11(8)14)16-13(18)7-19-6-10-4-9(2)20-17-10/h3-5H,6-7H2,1-2H3,(H,15,16,18). The molecular formula is C13H14BrN3O3. The molecular weight excluding hydrogens is 326 g/mol. The van der Waals surface area contributed by atoms with Crippen molar-refractivity contribution < 1.29 is 14.1 Å². The first-order chi connectivity index (χ1) is 9.54. The van der Waals surface area contributed by atoms with Crippen LogP contribution in [0.15, 0.2) is 27.3 Å². The molecule has 0 spiro atoms. The van der Waals surface area contributed by atoms with Gasteiger partial charge in [-0.05, 0) is 41.4 Å². The first-order valence-electron chi connectivity index (χ1n) is 5.96. The van der Waals surface area contributed by atoms with Gasteiger partial charge in [0.2, 0.25) is 0 Å². The Bertz CT molecular complexity index is 613. The van der Waals surface area contributed by atoms with E-state index < -0.39 is 0 Å². The summed E-state index contributed by atoms with van der Waals surface area (Å²) in [5, 5.41) is 6.43. The summed E-state index contributed by atoms with van der Waals surface area (Å²) in [7, 11) is 0. The highest BCUT2D eigenvalue weighted by molar-refractivity contribution is 9.10. The number of anilines is 1. The molecule has 2 aromatic rings. The minimum atomic E-state index is -0.264. The predicted octanol–water partition coefficient (Wildman–Crippen LogP) is 2.60. The van der Waals surface area contributed by atoms with Crippen molar-refractivity contribution >= 4 is 27.7 Å². The van der Waals surface area contributed by atoms with E-state index >= 15 is 0 Å². The van der Waals surface area contributed by atoms with E-state index in [4.69, 9.17) is 9.26 Å². The molecule has 0 radical (unpaired) electrons. The van der Waals surface area contributed by atoms with E-state index in [1.807, 2.05) is 6.92 Å². The van der Waals surface area contributed by atoms with E-state index in [9.17, 15) is 4.79 Å². The van der Waals surface area contributed by atoms with E-state index in [2.05, 4.69) is 31.4 Å². The van der Waals surface area contributed by atoms with Crippen LogP contribution in [-0.2, 0) is 16.1 Å². The summed E-state index contributed by atoms with van der Waals surface area (Å²) in [4.78, 5) is 15.8. The Labute approximate surface area is 124 Å². The van der Waals surface area contributed by atoms with Gasteiger partial charge < -0.3 is 14.6 Å². The van der Waals surface area contributed by atoms with E-state index in [1.54, 1.807) is 25.3 Å². The van der Waals surface area contributed by atoms with Gasteiger partial charge in [0, 0.05) is 16.7 Å². The smallest absolute Gasteiger partial charge is 0.251 e. The lowest BCUT2D eigenvalue weighted by Gasteiger charge is -2.06. The number of hydrogen-bond donors (Lipinski definition) is 1. The van der Waals surface area contributed by atoms with Crippen molar-refractivity contribution in [1.29, 1.82) is 0 Å². The van der Waals surface area contributed by atoms with Crippen molar-refractivity contribution in [3.8, 4) is 0 Å². The number of carbonyl (C=O) groups is 1. The number of ether oxygens (including phenoxy) is 1. The molecule has 0 bridgehead atoms. The lowest BCUT2D eigenvalue weighted by atomic mass is 10.3. The second-order valence-corrected chi connectivity index (χ2v) is 5.14. The van der Waals surface area contributed by atoms with Gasteiger partial charge >= 0.3 is 0 Å². The van der Waals surface area contributed by atoms with Crippen LogP contribution < -0.4 is 5.32 Å². The minimum absolute atomic E-state index is 0.0668. The average molecular weight is 340 g/mol. The fourth-order valence-electron chi connectivity index (χ4n) is 1.52. The van der Waals surface area contributed by atoms with Gasteiger partial charge in [-0.25, -0.2) is 4.98 Å². The van der Waals surface area contributed by atoms with Crippen LogP contribution >= 0.6 is 15.9 Å². The third kappa shape index (κ3) is 4.14. The number of nitrogens with one attached hydrogen (secondary N) is 1. The molecule has 0 aromatic carbocycles. The molecule has 0 aliphatic rings. The number of pyridine rings is 1. The van der Waals surface area contributed by atoms with Gasteiger partial charge in [0.15, 0.2) is 0 Å². The zero-order chi connectivity index (χ0) is 14.5. The molecule has 0 atom stereocenters. The van der Waals surface area contributed by atoms with E-state index in [0.717, 1.165) is 10.0 Å². The first kappa shape index (κ1) is 14.7. The summed E-state index contributed by atoms with van der Waals surface area (Å²) in [5.74, 6) is 0.943. The van der Waals surface area contributed by atoms with Crippen molar-refractivity contribution in [2.24, 2.45) is 0 Å². The molecule has 2 aromatic heterocycles. The Kier molecular flexibility index (Phi) is 4.86. The number of aromatic nitrogens is 2. The van der Waals surface area contributed by atoms with E-state index in [0.29, 0.717) is 17.3 Å². The zero-order valence-corrected chi connectivity index (χ0v) is 12.7. The molecule has 0 unspecified atom stereocenters. The number of aryl methyl sites for hydroxylation is 2. The van der Waals surface area contributed by atoms with Crippen LogP contribution in [-0.4, -0.2) is 22.7 Å². The maximum absolute atomic E-state index is 11.7. The van der Waals surface area contributed by atoms with Crippen molar-refractivity contribution in [3.63, 3.8) is 0 Å². The molecule has 7 heteroatoms. The van der Waals surface area contributed by atoms with Gasteiger partial charge in [-0.1, -0.05) is 5.16 Å². The molecule has 2 rings (SSSR count). The summed E-state index contributed by atoms with van der Waals surface area (Å²) in [6, 6.07) is 3.54. The normalized spacial score (nSPS) is 10.6. The topological polar surface area (TPSA) is 77.2 Å². The number of carbonyl (C=O) groups excluding carboxylic acids is 1. The van der Waals surface area contributed by atoms with Gasteiger partial charge in [-0.15, -0.1) is 0 Å². The van der Waals surface area contributed by atoms with Crippen LogP contribution in [0.25, 0.3) is 0 Å². The Morgan fingerprint density at radius 3 is 2.90 bits per heavy atom. The lowest BCUT2D eigenvalue weighted by molar-refractivity contribution is -0.121. The predicted molar refractivity (Wildman–Crippen MR) is 76.2 cm³/mol. The third-order valence-corrected chi connectivity index (χ3v) is 3.30. The van der Waals surface area contributed by atoms with Crippen LogP contribution in [0.5, 0.6) is 0 Å². The quantitative estimate of drug-likeness (QED) is 0.905. The van der Waals surface area contributed by atoms with Gasteiger partial charge in [0.05, 0.1) is 6.61 Å². The first-order valence-corrected chi connectivity index (χ1v) is 6.76. The average Bonchev–Trinajstić information content (AvgIpc) is 2.80. The molecule has 1 N–H and O–H groups in total. The fraction of sp³-hybridized carbons (Fsp3) is 0.308. The summed E-state index contributed by atoms with van der Waals surface area (Å²) in [6.07, 6.45) is 1.64. The van der Waals surface area contributed by atoms with Gasteiger partial charge in [-0.3, -0.25) is 4.79 Å². The summed E-state index contributed by atoms with van der Waals surface area (Å²) in [5.41, 5.74) is 1.65. The highest BCUT2D eigenvalue weighted by Crippen LogP contribution is 2.17. The third-order valence-electron chi connectivity index (χ3n) is 2.47. The van der Waals surface area contributed by atoms with Crippen LogP contribution in [0.3, 0.4) is 0 Å². The maximum atomic E-state index is 11.7. The number of amides is 1. The lowest BCUT2D eigenvalue weighted by Crippen LogP contribution is -2.19. The van der Waals surface area contributed by atoms with Gasteiger partial charge in [-0.2, -0.15) is 0 Å². The number of hydrogen-bond acceptors (Lipinski definition) is 5. The highest BCUT2D eigenvalue weighted by Gasteiger charge is 2.06. The SMILES string of the molecule is Cc1cc(COCC(=O)Nc2cc(C)c(Br)cn2)no1. The Hall–Kier alpha value is -1.73. The van der Waals surface area contributed by atoms with Crippen molar-refractivity contribution in [1.82, 2.24) is 10.1 Å². The largest absolute Gasteiger partial charge is 0.365 e. The summed E-state index contributed by atoms with van der Waals surface area (Å²) >= 11 is 3.35. The Morgan fingerprint density at radius 2 is 2.25 bits per heavy atom. The van der Waals surface area contributed by atoms with Gasteiger partial charge in [0.1, 0.15) is 23.9 Å². The summed E-state index contributed by atoms with van der Waals surface area (Å²) < 4.78 is 11.0. The maximum Gasteiger partial charge on any atom is 0.251 e. The second-order valence-electron chi connectivity index (χ2n) is 4.29. The van der Waals surface area contributed by atoms with Crippen LogP contribution in [0.2, 0.25) is 0 Å². The van der Waals surface area contributed by atoms with Gasteiger partial charge in [0.25, 0.3) is 5.91 Å². The van der Waals surface area contributed by atoms with Crippen LogP contribution in [0.4, 0.5) is 5.82 Å². The Morgan fingerprint density at radius 1 is 1.45 bits per heavy atom. The molecule has 1 amide bonds. The Balaban J connectivity index is 1.79.